The predicted molar refractivity (Wildman–Crippen MR) is 274 cm³/mol. The van der Waals surface area contributed by atoms with Gasteiger partial charge in [-0.2, -0.15) is 0 Å². The van der Waals surface area contributed by atoms with Crippen LogP contribution in [0.15, 0.2) is 167 Å². The average molecular weight is 859 g/mol. The maximum Gasteiger partial charge on any atom is 0.136 e. The summed E-state index contributed by atoms with van der Waals surface area (Å²) in [5, 5.41) is 3.78. The van der Waals surface area contributed by atoms with Gasteiger partial charge >= 0.3 is 0 Å². The number of aromatic nitrogens is 3. The highest BCUT2D eigenvalue weighted by Crippen LogP contribution is 2.52. The Labute approximate surface area is 389 Å². The van der Waals surface area contributed by atoms with Crippen LogP contribution in [-0.2, 0) is 6.42 Å². The number of aryl methyl sites for hydroxylation is 1. The van der Waals surface area contributed by atoms with Gasteiger partial charge in [-0.05, 0) is 189 Å². The van der Waals surface area contributed by atoms with Crippen LogP contribution < -0.4 is 10.6 Å². The molecule has 0 saturated carbocycles. The van der Waals surface area contributed by atoms with E-state index >= 15 is 0 Å². The van der Waals surface area contributed by atoms with Crippen LogP contribution in [0.25, 0.3) is 46.0 Å². The quantitative estimate of drug-likeness (QED) is 0.186. The molecular formula is C62H58N4. The smallest absolute Gasteiger partial charge is 0.136 e. The van der Waals surface area contributed by atoms with Gasteiger partial charge in [-0.1, -0.05) is 115 Å². The molecule has 2 aromatic heterocycles. The molecule has 2 aromatic carbocycles. The second-order valence-corrected chi connectivity index (χ2v) is 19.7. The first-order valence-electron chi connectivity index (χ1n) is 25.1. The Hall–Kier alpha value is -6.52. The first kappa shape index (κ1) is 39.8. The van der Waals surface area contributed by atoms with Crippen molar-refractivity contribution in [2.45, 2.75) is 114 Å². The van der Waals surface area contributed by atoms with Crippen molar-refractivity contribution in [1.29, 1.82) is 0 Å². The molecule has 4 aromatic rings. The van der Waals surface area contributed by atoms with E-state index in [1.807, 2.05) is 0 Å². The monoisotopic (exact) mass is 858 g/mol. The van der Waals surface area contributed by atoms with Crippen molar-refractivity contribution in [2.75, 3.05) is 0 Å². The van der Waals surface area contributed by atoms with E-state index in [-0.39, 0.29) is 5.92 Å². The fourth-order valence-corrected chi connectivity index (χ4v) is 12.6. The van der Waals surface area contributed by atoms with E-state index in [1.165, 1.54) is 78.6 Å². The minimum atomic E-state index is 0.142. The van der Waals surface area contributed by atoms with E-state index < -0.39 is 0 Å². The van der Waals surface area contributed by atoms with Gasteiger partial charge in [-0.15, -0.1) is 0 Å². The lowest BCUT2D eigenvalue weighted by Crippen LogP contribution is -2.36. The zero-order chi connectivity index (χ0) is 43.6. The van der Waals surface area contributed by atoms with Crippen LogP contribution in [0, 0.1) is 0 Å². The zero-order valence-corrected chi connectivity index (χ0v) is 38.1. The second kappa shape index (κ2) is 16.7. The molecule has 0 fully saturated rings. The number of allylic oxidation sites excluding steroid dienone is 19. The van der Waals surface area contributed by atoms with Gasteiger partial charge in [0.05, 0.1) is 22.6 Å². The first-order chi connectivity index (χ1) is 32.7. The van der Waals surface area contributed by atoms with E-state index in [2.05, 4.69) is 161 Å². The second-order valence-electron chi connectivity index (χ2n) is 19.7. The summed E-state index contributed by atoms with van der Waals surface area (Å²) in [6, 6.07) is 18.9. The zero-order valence-electron chi connectivity index (χ0n) is 38.1. The third-order valence-corrected chi connectivity index (χ3v) is 15.9. The summed E-state index contributed by atoms with van der Waals surface area (Å²) in [6.45, 7) is 0. The van der Waals surface area contributed by atoms with Crippen molar-refractivity contribution in [3.63, 3.8) is 0 Å². The van der Waals surface area contributed by atoms with Gasteiger partial charge in [-0.25, -0.2) is 9.97 Å². The molecule has 3 heterocycles. The lowest BCUT2D eigenvalue weighted by molar-refractivity contribution is 0.362. The molecule has 8 aliphatic carbocycles. The molecule has 0 radical (unpaired) electrons. The number of nitrogens with zero attached hydrogens (tertiary/aromatic N) is 4. The number of hydrogen-bond donors (Lipinski definition) is 0. The summed E-state index contributed by atoms with van der Waals surface area (Å²) in [7, 11) is 0. The van der Waals surface area contributed by atoms with E-state index in [4.69, 9.17) is 9.97 Å². The minimum Gasteiger partial charge on any atom is -0.337 e. The van der Waals surface area contributed by atoms with Crippen molar-refractivity contribution >= 4 is 46.0 Å². The van der Waals surface area contributed by atoms with Crippen LogP contribution in [0.5, 0.6) is 0 Å². The third-order valence-electron chi connectivity index (χ3n) is 15.9. The van der Waals surface area contributed by atoms with Crippen LogP contribution in [0.3, 0.4) is 0 Å². The largest absolute Gasteiger partial charge is 0.337 e. The summed E-state index contributed by atoms with van der Waals surface area (Å²) in [4.78, 5) is 13.4. The average Bonchev–Trinajstić information content (AvgIpc) is 3.91. The van der Waals surface area contributed by atoms with Gasteiger partial charge in [0.2, 0.25) is 0 Å². The number of fused-ring (bicyclic) bond motifs is 6. The van der Waals surface area contributed by atoms with Gasteiger partial charge in [0, 0.05) is 39.3 Å². The van der Waals surface area contributed by atoms with E-state index in [0.717, 1.165) is 107 Å². The molecule has 0 amide bonds. The third kappa shape index (κ3) is 6.95. The minimum absolute atomic E-state index is 0.142. The molecular weight excluding hydrogens is 801 g/mol. The Balaban J connectivity index is 0.803. The molecule has 66 heavy (non-hydrogen) atoms. The van der Waals surface area contributed by atoms with Crippen molar-refractivity contribution in [3.05, 3.63) is 212 Å². The SMILES string of the molecule is C1=CCCC(C2=CC=C(c3nc(C4C=CC(n5c6c(c7cc(C8CCC9=C(C8)C8=CC(c%10ccccc%10)=CCC8N9C8=CCCC=C8)ccc75)CCC=C6)=CC4)nc4c3=CCCC=4)CC2)=C1. The summed E-state index contributed by atoms with van der Waals surface area (Å²) < 4.78 is 2.55. The normalized spacial score (nSPS) is 24.2. The van der Waals surface area contributed by atoms with Crippen LogP contribution in [0.4, 0.5) is 0 Å². The van der Waals surface area contributed by atoms with Crippen LogP contribution >= 0.6 is 0 Å². The molecule has 0 spiro atoms. The summed E-state index contributed by atoms with van der Waals surface area (Å²) in [5.41, 5.74) is 21.2. The molecule has 326 valence electrons. The van der Waals surface area contributed by atoms with Crippen molar-refractivity contribution < 1.29 is 0 Å². The molecule has 3 atom stereocenters. The van der Waals surface area contributed by atoms with E-state index in [9.17, 15) is 0 Å². The molecule has 0 saturated heterocycles. The summed E-state index contributed by atoms with van der Waals surface area (Å²) >= 11 is 0. The molecule has 4 heteroatoms. The van der Waals surface area contributed by atoms with Gasteiger partial charge in [-0.3, -0.25) is 0 Å². The van der Waals surface area contributed by atoms with Gasteiger partial charge in [0.15, 0.2) is 0 Å². The van der Waals surface area contributed by atoms with Gasteiger partial charge in [0.1, 0.15) is 5.82 Å². The van der Waals surface area contributed by atoms with E-state index in [0.29, 0.717) is 12.0 Å². The Morgan fingerprint density at radius 1 is 0.652 bits per heavy atom. The highest BCUT2D eigenvalue weighted by atomic mass is 15.2. The highest BCUT2D eigenvalue weighted by molar-refractivity contribution is 5.93. The number of benzene rings is 2. The Kier molecular flexibility index (Phi) is 10.1. The van der Waals surface area contributed by atoms with Crippen molar-refractivity contribution in [2.24, 2.45) is 0 Å². The topological polar surface area (TPSA) is 34.0 Å². The fourth-order valence-electron chi connectivity index (χ4n) is 12.6. The van der Waals surface area contributed by atoms with Crippen LogP contribution in [-0.4, -0.2) is 25.5 Å². The van der Waals surface area contributed by atoms with Gasteiger partial charge in [0.25, 0.3) is 0 Å². The predicted octanol–water partition coefficient (Wildman–Crippen LogP) is 13.6. The van der Waals surface area contributed by atoms with Crippen molar-refractivity contribution in [3.8, 4) is 0 Å². The molecule has 1 aliphatic heterocycles. The first-order valence-corrected chi connectivity index (χ1v) is 25.1. The summed E-state index contributed by atoms with van der Waals surface area (Å²) in [5.74, 6) is 1.59. The fraction of sp³-hybridized carbons (Fsp3) is 0.290. The molecule has 9 aliphatic rings. The van der Waals surface area contributed by atoms with Crippen molar-refractivity contribution in [1.82, 2.24) is 19.4 Å². The Morgan fingerprint density at radius 3 is 2.36 bits per heavy atom. The maximum atomic E-state index is 5.42. The highest BCUT2D eigenvalue weighted by Gasteiger charge is 2.41. The molecule has 4 nitrogen and oxygen atoms in total. The molecule has 3 unspecified atom stereocenters. The Bertz CT molecular complexity index is 3230. The van der Waals surface area contributed by atoms with Gasteiger partial charge < -0.3 is 9.47 Å². The van der Waals surface area contributed by atoms with Crippen LogP contribution in [0.1, 0.15) is 136 Å². The maximum absolute atomic E-state index is 5.42. The Morgan fingerprint density at radius 2 is 1.52 bits per heavy atom. The summed E-state index contributed by atoms with van der Waals surface area (Å²) in [6.07, 6.45) is 56.7. The van der Waals surface area contributed by atoms with E-state index in [1.54, 1.807) is 16.8 Å². The lowest BCUT2D eigenvalue weighted by Gasteiger charge is -2.34. The lowest BCUT2D eigenvalue weighted by atomic mass is 9.78. The molecule has 0 bridgehead atoms. The molecule has 13 rings (SSSR count). The standard InChI is InChI=1S/C62H58N4/c1-4-14-41(15-5-1)43-24-26-44(27-25-43)61-52-21-10-12-22-56(52)63-62(64-61)45-28-33-50(34-29-45)66-57-23-13-11-20-51(57)53-39-47(31-36-58(53)66)48-32-37-60-55(40-48)54-38-46(42-16-6-2-7-17-42)30-35-59(54)65(60)49-18-8-3-9-19-49/h1-2,4,6-8,13-14,16-19,21-24,26,28,30-31,33-34,36,38-39,45,48,59H,3,5,9-12,15,20,25,27,29,32,35,37,40H2. The molecule has 0 N–H and O–H groups in total. The van der Waals surface area contributed by atoms with Crippen LogP contribution in [0.2, 0.25) is 0 Å². The number of hydrogen-bond acceptors (Lipinski definition) is 3. The number of rotatable bonds is 7.